The zero-order valence-corrected chi connectivity index (χ0v) is 49.9. The molecule has 0 spiro atoms. The minimum absolute atomic E-state index is 0.114. The topological polar surface area (TPSA) is 78.9 Å². The fourth-order valence-corrected chi connectivity index (χ4v) is 7.85. The van der Waals surface area contributed by atoms with Gasteiger partial charge < -0.3 is 14.2 Å². The average molecular weight is 1070 g/mol. The fourth-order valence-electron chi connectivity index (χ4n) is 7.85. The summed E-state index contributed by atoms with van der Waals surface area (Å²) in [6.07, 6.45) is 95.2. The second-order valence-corrected chi connectivity index (χ2v) is 19.8. The van der Waals surface area contributed by atoms with E-state index in [2.05, 4.69) is 191 Å². The van der Waals surface area contributed by atoms with Crippen LogP contribution in [0, 0.1) is 0 Å². The Labute approximate surface area is 479 Å². The minimum atomic E-state index is -0.822. The Hall–Kier alpha value is -5.23. The maximum atomic E-state index is 12.8. The Bertz CT molecular complexity index is 1810. The molecule has 0 fully saturated rings. The first kappa shape index (κ1) is 72.8. The lowest BCUT2D eigenvalue weighted by molar-refractivity contribution is -0.167. The molecule has 0 aliphatic heterocycles. The molecule has 6 heteroatoms. The highest BCUT2D eigenvalue weighted by molar-refractivity contribution is 5.71. The molecule has 1 unspecified atom stereocenters. The van der Waals surface area contributed by atoms with Crippen molar-refractivity contribution < 1.29 is 28.6 Å². The number of rotatable bonds is 54. The summed E-state index contributed by atoms with van der Waals surface area (Å²) in [7, 11) is 0. The van der Waals surface area contributed by atoms with Crippen LogP contribution >= 0.6 is 0 Å². The van der Waals surface area contributed by atoms with Crippen molar-refractivity contribution in [1.82, 2.24) is 0 Å². The monoisotopic (exact) mass is 1070 g/mol. The molecule has 0 heterocycles. The smallest absolute Gasteiger partial charge is 0.306 e. The van der Waals surface area contributed by atoms with Crippen molar-refractivity contribution in [3.63, 3.8) is 0 Å². The molecule has 0 aromatic rings. The molecule has 0 aromatic heterocycles. The summed E-state index contributed by atoms with van der Waals surface area (Å²) in [4.78, 5) is 38.1. The standard InChI is InChI=1S/C72H112O6/c1-4-7-10-13-16-19-22-24-26-28-29-30-31-32-33-34-35-36-37-38-39-40-41-42-43-45-46-48-50-53-56-59-62-65-71(74)77-68-69(67-76-70(73)64-61-58-55-52-21-18-15-12-9-6-3)78-72(75)66-63-60-57-54-51-49-47-44-27-25-23-20-17-14-11-8-5-2/h7-8,10-12,15-17,19-20,24-27,29-30,32-33,35-36,38-39,41-42,47,49,54,57,69H,4-6,9,13-14,18,21-23,28,31,34,37,40,43-46,48,50-53,55-56,58-68H2,1-3H3/b10-7-,11-8-,15-12-,19-16-,20-17-,26-24-,27-25-,30-29-,33-32-,36-35-,39-38-,42-41-,49-47-,57-54-. The summed E-state index contributed by atoms with van der Waals surface area (Å²) < 4.78 is 16.8. The van der Waals surface area contributed by atoms with E-state index < -0.39 is 6.10 Å². The molecule has 0 bridgehead atoms. The van der Waals surface area contributed by atoms with Gasteiger partial charge in [-0.1, -0.05) is 255 Å². The Balaban J connectivity index is 4.31. The first-order chi connectivity index (χ1) is 38.5. The Morgan fingerprint density at radius 2 is 0.513 bits per heavy atom. The molecule has 6 nitrogen and oxygen atoms in total. The van der Waals surface area contributed by atoms with Crippen LogP contribution in [0.2, 0.25) is 0 Å². The van der Waals surface area contributed by atoms with Crippen LogP contribution in [-0.2, 0) is 28.6 Å². The number of ether oxygens (including phenoxy) is 3. The summed E-state index contributed by atoms with van der Waals surface area (Å²) in [5, 5.41) is 0. The van der Waals surface area contributed by atoms with Gasteiger partial charge in [0.1, 0.15) is 13.2 Å². The molecule has 0 radical (unpaired) electrons. The largest absolute Gasteiger partial charge is 0.462 e. The molecule has 0 saturated carbocycles. The van der Waals surface area contributed by atoms with Gasteiger partial charge in [0.05, 0.1) is 0 Å². The molecular weight excluding hydrogens is 961 g/mol. The summed E-state index contributed by atoms with van der Waals surface area (Å²) in [6.45, 7) is 6.27. The number of esters is 3. The predicted molar refractivity (Wildman–Crippen MR) is 338 cm³/mol. The maximum Gasteiger partial charge on any atom is 0.306 e. The Morgan fingerprint density at radius 3 is 0.833 bits per heavy atom. The number of carbonyl (C=O) groups excluding carboxylic acids is 3. The van der Waals surface area contributed by atoms with Crippen LogP contribution in [0.25, 0.3) is 0 Å². The highest BCUT2D eigenvalue weighted by atomic mass is 16.6. The number of hydrogen-bond donors (Lipinski definition) is 0. The number of carbonyl (C=O) groups is 3. The van der Waals surface area contributed by atoms with Gasteiger partial charge in [-0.05, 0) is 141 Å². The SMILES string of the molecule is CC/C=C\C/C=C\C/C=C\C/C=C\C/C=C\C/C=C\C/C=C\C/C=C\CCCCCCCCCCC(=O)OCC(COC(=O)CCCCCCC/C=C\CCC)OC(=O)CCC/C=C\C/C=C\C/C=C\C/C=C\C/C=C\CC. The number of allylic oxidation sites excluding steroid dienone is 28. The number of unbranched alkanes of at least 4 members (excludes halogenated alkanes) is 15. The third-order valence-electron chi connectivity index (χ3n) is 12.4. The van der Waals surface area contributed by atoms with Crippen molar-refractivity contribution in [2.24, 2.45) is 0 Å². The van der Waals surface area contributed by atoms with Crippen LogP contribution in [0.3, 0.4) is 0 Å². The molecule has 78 heavy (non-hydrogen) atoms. The molecule has 0 N–H and O–H groups in total. The van der Waals surface area contributed by atoms with Crippen LogP contribution in [0.4, 0.5) is 0 Å². The Morgan fingerprint density at radius 1 is 0.269 bits per heavy atom. The van der Waals surface area contributed by atoms with Crippen LogP contribution in [0.1, 0.15) is 245 Å². The molecule has 0 aliphatic rings. The van der Waals surface area contributed by atoms with E-state index in [9.17, 15) is 14.4 Å². The van der Waals surface area contributed by atoms with Gasteiger partial charge in [-0.25, -0.2) is 0 Å². The zero-order valence-electron chi connectivity index (χ0n) is 49.9. The van der Waals surface area contributed by atoms with Gasteiger partial charge in [-0.3, -0.25) is 14.4 Å². The lowest BCUT2D eigenvalue weighted by Crippen LogP contribution is -2.30. The van der Waals surface area contributed by atoms with E-state index in [1.54, 1.807) is 0 Å². The van der Waals surface area contributed by atoms with E-state index in [1.807, 2.05) is 0 Å². The third kappa shape index (κ3) is 61.6. The van der Waals surface area contributed by atoms with Crippen LogP contribution < -0.4 is 0 Å². The predicted octanol–water partition coefficient (Wildman–Crippen LogP) is 21.5. The van der Waals surface area contributed by atoms with E-state index in [0.29, 0.717) is 19.3 Å². The van der Waals surface area contributed by atoms with E-state index >= 15 is 0 Å². The molecule has 0 aromatic carbocycles. The van der Waals surface area contributed by atoms with E-state index in [1.165, 1.54) is 44.9 Å². The Kier molecular flexibility index (Phi) is 60.0. The summed E-state index contributed by atoms with van der Waals surface area (Å²) in [5.41, 5.74) is 0. The second-order valence-electron chi connectivity index (χ2n) is 19.8. The lowest BCUT2D eigenvalue weighted by Gasteiger charge is -2.18. The summed E-state index contributed by atoms with van der Waals surface area (Å²) in [5.74, 6) is -1.00. The molecule has 0 saturated heterocycles. The van der Waals surface area contributed by atoms with E-state index in [4.69, 9.17) is 14.2 Å². The van der Waals surface area contributed by atoms with Crippen molar-refractivity contribution in [2.75, 3.05) is 13.2 Å². The quantitative estimate of drug-likeness (QED) is 0.0261. The van der Waals surface area contributed by atoms with Gasteiger partial charge in [-0.2, -0.15) is 0 Å². The molecule has 0 aliphatic carbocycles. The molecule has 0 rings (SSSR count). The van der Waals surface area contributed by atoms with Crippen molar-refractivity contribution in [3.8, 4) is 0 Å². The normalized spacial score (nSPS) is 13.3. The van der Waals surface area contributed by atoms with Crippen LogP contribution in [0.15, 0.2) is 170 Å². The van der Waals surface area contributed by atoms with E-state index in [0.717, 1.165) is 154 Å². The summed E-state index contributed by atoms with van der Waals surface area (Å²) >= 11 is 0. The fraction of sp³-hybridized carbons (Fsp3) is 0.569. The zero-order chi connectivity index (χ0) is 56.4. The highest BCUT2D eigenvalue weighted by Crippen LogP contribution is 2.13. The average Bonchev–Trinajstić information content (AvgIpc) is 3.44. The first-order valence-corrected chi connectivity index (χ1v) is 31.1. The van der Waals surface area contributed by atoms with Crippen molar-refractivity contribution in [3.05, 3.63) is 170 Å². The highest BCUT2D eigenvalue weighted by Gasteiger charge is 2.19. The lowest BCUT2D eigenvalue weighted by atomic mass is 10.1. The first-order valence-electron chi connectivity index (χ1n) is 31.1. The van der Waals surface area contributed by atoms with Crippen molar-refractivity contribution in [2.45, 2.75) is 252 Å². The second kappa shape index (κ2) is 64.3. The van der Waals surface area contributed by atoms with Gasteiger partial charge in [0.2, 0.25) is 0 Å². The van der Waals surface area contributed by atoms with Gasteiger partial charge in [0.25, 0.3) is 0 Å². The van der Waals surface area contributed by atoms with Gasteiger partial charge >= 0.3 is 17.9 Å². The van der Waals surface area contributed by atoms with E-state index in [-0.39, 0.29) is 37.5 Å². The van der Waals surface area contributed by atoms with Gasteiger partial charge in [-0.15, -0.1) is 0 Å². The molecular formula is C72H112O6. The van der Waals surface area contributed by atoms with Crippen LogP contribution in [0.5, 0.6) is 0 Å². The molecule has 0 amide bonds. The molecule has 436 valence electrons. The maximum absolute atomic E-state index is 12.8. The summed E-state index contributed by atoms with van der Waals surface area (Å²) in [6, 6.07) is 0. The minimum Gasteiger partial charge on any atom is -0.462 e. The van der Waals surface area contributed by atoms with Crippen molar-refractivity contribution in [1.29, 1.82) is 0 Å². The number of hydrogen-bond acceptors (Lipinski definition) is 6. The van der Waals surface area contributed by atoms with Gasteiger partial charge in [0.15, 0.2) is 6.10 Å². The van der Waals surface area contributed by atoms with Crippen LogP contribution in [-0.4, -0.2) is 37.2 Å². The van der Waals surface area contributed by atoms with Crippen molar-refractivity contribution >= 4 is 17.9 Å². The van der Waals surface area contributed by atoms with Gasteiger partial charge in [0, 0.05) is 19.3 Å². The molecule has 1 atom stereocenters. The third-order valence-corrected chi connectivity index (χ3v) is 12.4.